The van der Waals surface area contributed by atoms with E-state index < -0.39 is 30.4 Å². The van der Waals surface area contributed by atoms with Crippen molar-refractivity contribution in [3.05, 3.63) is 0 Å². The highest BCUT2D eigenvalue weighted by atomic mass is 16.5. The number of carboxylic acids is 1. The fourth-order valence-corrected chi connectivity index (χ4v) is 2.12. The number of rotatable bonds is 13. The minimum atomic E-state index is -1.16. The van der Waals surface area contributed by atoms with Crippen molar-refractivity contribution < 1.29 is 29.0 Å². The van der Waals surface area contributed by atoms with Gasteiger partial charge in [0.1, 0.15) is 6.04 Å². The quantitative estimate of drug-likeness (QED) is 0.392. The van der Waals surface area contributed by atoms with E-state index in [-0.39, 0.29) is 19.3 Å². The summed E-state index contributed by atoms with van der Waals surface area (Å²) in [5.41, 5.74) is 0. The van der Waals surface area contributed by atoms with Gasteiger partial charge in [-0.1, -0.05) is 6.92 Å². The summed E-state index contributed by atoms with van der Waals surface area (Å²) in [7, 11) is 0. The summed E-state index contributed by atoms with van der Waals surface area (Å²) in [5, 5.41) is 17.7. The van der Waals surface area contributed by atoms with Crippen LogP contribution in [0.1, 0.15) is 52.9 Å². The van der Waals surface area contributed by atoms with E-state index in [1.54, 1.807) is 13.8 Å². The molecule has 0 fully saturated rings. The van der Waals surface area contributed by atoms with Crippen LogP contribution in [0.15, 0.2) is 0 Å². The molecule has 142 valence electrons. The van der Waals surface area contributed by atoms with Crippen LogP contribution in [0.5, 0.6) is 0 Å². The largest absolute Gasteiger partial charge is 0.481 e. The summed E-state index contributed by atoms with van der Waals surface area (Å²) in [4.78, 5) is 36.8. The molecule has 2 atom stereocenters. The van der Waals surface area contributed by atoms with Crippen molar-refractivity contribution in [3.8, 4) is 6.07 Å². The number of carbonyl (C=O) groups is 3. The number of hydrogen-bond acceptors (Lipinski definition) is 7. The molecule has 0 aromatic heterocycles. The van der Waals surface area contributed by atoms with Gasteiger partial charge in [-0.15, -0.1) is 0 Å². The molecule has 1 N–H and O–H groups in total. The van der Waals surface area contributed by atoms with Crippen molar-refractivity contribution in [2.24, 2.45) is 0 Å². The molecule has 0 heterocycles. The first-order chi connectivity index (χ1) is 11.8. The van der Waals surface area contributed by atoms with Gasteiger partial charge in [-0.3, -0.25) is 19.3 Å². The topological polar surface area (TPSA) is 117 Å². The van der Waals surface area contributed by atoms with E-state index >= 15 is 0 Å². The third-order valence-corrected chi connectivity index (χ3v) is 3.59. The molecule has 0 bridgehead atoms. The predicted molar refractivity (Wildman–Crippen MR) is 89.6 cm³/mol. The van der Waals surface area contributed by atoms with Gasteiger partial charge in [0, 0.05) is 6.42 Å². The monoisotopic (exact) mass is 356 g/mol. The maximum Gasteiger partial charge on any atom is 0.324 e. The van der Waals surface area contributed by atoms with Crippen molar-refractivity contribution in [1.82, 2.24) is 4.90 Å². The summed E-state index contributed by atoms with van der Waals surface area (Å²) >= 11 is 0. The highest BCUT2D eigenvalue weighted by Gasteiger charge is 2.32. The number of esters is 2. The number of unbranched alkanes of at least 4 members (excludes halogenated alkanes) is 2. The van der Waals surface area contributed by atoms with Crippen molar-refractivity contribution in [2.45, 2.75) is 65.0 Å². The van der Waals surface area contributed by atoms with Crippen LogP contribution in [-0.2, 0) is 23.9 Å². The van der Waals surface area contributed by atoms with Crippen LogP contribution in [0.3, 0.4) is 0 Å². The predicted octanol–water partition coefficient (Wildman–Crippen LogP) is 1.73. The first-order valence-electron chi connectivity index (χ1n) is 8.54. The van der Waals surface area contributed by atoms with Crippen LogP contribution in [0.4, 0.5) is 0 Å². The number of ether oxygens (including phenoxy) is 2. The summed E-state index contributed by atoms with van der Waals surface area (Å²) in [5.74, 6) is -2.35. The Morgan fingerprint density at radius 3 is 2.44 bits per heavy atom. The van der Waals surface area contributed by atoms with Gasteiger partial charge in [0.25, 0.3) is 0 Å². The van der Waals surface area contributed by atoms with Crippen LogP contribution in [-0.4, -0.2) is 59.8 Å². The summed E-state index contributed by atoms with van der Waals surface area (Å²) in [6.45, 7) is 5.53. The minimum absolute atomic E-state index is 0.196. The first-order valence-corrected chi connectivity index (χ1v) is 8.54. The highest BCUT2D eigenvalue weighted by molar-refractivity contribution is 5.83. The van der Waals surface area contributed by atoms with E-state index in [1.165, 1.54) is 4.90 Å². The van der Waals surface area contributed by atoms with Gasteiger partial charge in [0.15, 0.2) is 0 Å². The third kappa shape index (κ3) is 10.4. The highest BCUT2D eigenvalue weighted by Crippen LogP contribution is 2.12. The molecule has 25 heavy (non-hydrogen) atoms. The van der Waals surface area contributed by atoms with Gasteiger partial charge in [-0.25, -0.2) is 0 Å². The number of hydrogen-bond donors (Lipinski definition) is 1. The molecule has 8 heteroatoms. The maximum atomic E-state index is 12.4. The zero-order chi connectivity index (χ0) is 19.2. The van der Waals surface area contributed by atoms with E-state index in [0.29, 0.717) is 32.2 Å². The third-order valence-electron chi connectivity index (χ3n) is 3.59. The van der Waals surface area contributed by atoms with Crippen LogP contribution in [0.25, 0.3) is 0 Å². The second-order valence-electron chi connectivity index (χ2n) is 5.66. The Bertz CT molecular complexity index is 474. The Balaban J connectivity index is 5.18. The van der Waals surface area contributed by atoms with Gasteiger partial charge in [0.05, 0.1) is 31.7 Å². The summed E-state index contributed by atoms with van der Waals surface area (Å²) in [6.07, 6.45) is 1.30. The molecule has 8 nitrogen and oxygen atoms in total. The molecule has 0 amide bonds. The van der Waals surface area contributed by atoms with E-state index in [1.807, 2.05) is 13.0 Å². The van der Waals surface area contributed by atoms with E-state index in [9.17, 15) is 14.4 Å². The fraction of sp³-hybridized carbons (Fsp3) is 0.765. The van der Waals surface area contributed by atoms with Crippen LogP contribution >= 0.6 is 0 Å². The lowest BCUT2D eigenvalue weighted by Crippen LogP contribution is -2.47. The standard InChI is InChI=1S/C17H28N2O6/c1-4-13(3)25-17(23)14(11-15(20)21)19(10-8-6-7-9-18)12-16(22)24-5-2/h13-14H,4-8,10-12H2,1-3H3,(H,20,21). The van der Waals surface area contributed by atoms with Gasteiger partial charge >= 0.3 is 17.9 Å². The zero-order valence-electron chi connectivity index (χ0n) is 15.2. The molecule has 0 spiro atoms. The van der Waals surface area contributed by atoms with Crippen LogP contribution in [0, 0.1) is 11.3 Å². The van der Waals surface area contributed by atoms with Crippen molar-refractivity contribution in [3.63, 3.8) is 0 Å². The molecule has 0 saturated carbocycles. The Morgan fingerprint density at radius 1 is 1.24 bits per heavy atom. The number of nitrogens with zero attached hydrogens (tertiary/aromatic N) is 2. The second kappa shape index (κ2) is 13.2. The molecule has 0 radical (unpaired) electrons. The number of nitriles is 1. The number of carboxylic acid groups (broad SMARTS) is 1. The van der Waals surface area contributed by atoms with E-state index in [0.717, 1.165) is 0 Å². The van der Waals surface area contributed by atoms with Crippen molar-refractivity contribution in [2.75, 3.05) is 19.7 Å². The SMILES string of the molecule is CCOC(=O)CN(CCCCC#N)C(CC(=O)O)C(=O)OC(C)CC. The smallest absolute Gasteiger partial charge is 0.324 e. The molecule has 0 aromatic carbocycles. The molecule has 0 aromatic rings. The lowest BCUT2D eigenvalue weighted by atomic mass is 10.1. The summed E-state index contributed by atoms with van der Waals surface area (Å²) in [6, 6.07) is 0.953. The lowest BCUT2D eigenvalue weighted by molar-refractivity contribution is -0.160. The number of aliphatic carboxylic acids is 1. The molecular weight excluding hydrogens is 328 g/mol. The maximum absolute atomic E-state index is 12.4. The zero-order valence-corrected chi connectivity index (χ0v) is 15.2. The average Bonchev–Trinajstić information content (AvgIpc) is 2.55. The fourth-order valence-electron chi connectivity index (χ4n) is 2.12. The Labute approximate surface area is 148 Å². The molecule has 0 saturated heterocycles. The summed E-state index contributed by atoms with van der Waals surface area (Å²) < 4.78 is 10.2. The average molecular weight is 356 g/mol. The van der Waals surface area contributed by atoms with Crippen molar-refractivity contribution >= 4 is 17.9 Å². The minimum Gasteiger partial charge on any atom is -0.481 e. The molecule has 0 aliphatic heterocycles. The van der Waals surface area contributed by atoms with Gasteiger partial charge in [0.2, 0.25) is 0 Å². The number of carbonyl (C=O) groups excluding carboxylic acids is 2. The van der Waals surface area contributed by atoms with E-state index in [2.05, 4.69) is 0 Å². The Hall–Kier alpha value is -2.14. The van der Waals surface area contributed by atoms with Crippen LogP contribution in [0.2, 0.25) is 0 Å². The Kier molecular flexibility index (Phi) is 12.1. The van der Waals surface area contributed by atoms with Gasteiger partial charge in [-0.05, 0) is 39.7 Å². The molecular formula is C17H28N2O6. The van der Waals surface area contributed by atoms with Crippen LogP contribution < -0.4 is 0 Å². The molecule has 0 aliphatic rings. The van der Waals surface area contributed by atoms with Gasteiger partial charge < -0.3 is 14.6 Å². The van der Waals surface area contributed by atoms with Gasteiger partial charge in [-0.2, -0.15) is 5.26 Å². The molecule has 2 unspecified atom stereocenters. The lowest BCUT2D eigenvalue weighted by Gasteiger charge is -2.29. The van der Waals surface area contributed by atoms with E-state index in [4.69, 9.17) is 19.8 Å². The Morgan fingerprint density at radius 2 is 1.92 bits per heavy atom. The molecule has 0 aliphatic carbocycles. The molecule has 0 rings (SSSR count). The second-order valence-corrected chi connectivity index (χ2v) is 5.66. The van der Waals surface area contributed by atoms with Crippen molar-refractivity contribution in [1.29, 1.82) is 5.26 Å². The first kappa shape index (κ1) is 22.9. The normalized spacial score (nSPS) is 12.9.